The van der Waals surface area contributed by atoms with Crippen molar-refractivity contribution in [2.45, 2.75) is 98.2 Å². The Bertz CT molecular complexity index is 2960. The van der Waals surface area contributed by atoms with E-state index in [1.54, 1.807) is 0 Å². The second-order valence-corrected chi connectivity index (χ2v) is 26.7. The molecule has 0 atom stereocenters. The topological polar surface area (TPSA) is 27.5 Å². The quantitative estimate of drug-likeness (QED) is 0.149. The molecule has 1 aliphatic rings. The van der Waals surface area contributed by atoms with Gasteiger partial charge in [-0.1, -0.05) is 148 Å². The van der Waals surface area contributed by atoms with Crippen molar-refractivity contribution in [2.75, 3.05) is 21.4 Å². The summed E-state index contributed by atoms with van der Waals surface area (Å²) >= 11 is 0. The molecule has 0 amide bonds. The Morgan fingerprint density at radius 3 is 1.65 bits per heavy atom. The van der Waals surface area contributed by atoms with E-state index in [-0.39, 0.29) is 16.2 Å². The van der Waals surface area contributed by atoms with Crippen molar-refractivity contribution < 1.29 is 0 Å². The van der Waals surface area contributed by atoms with Crippen molar-refractivity contribution in [3.05, 3.63) is 168 Å². The van der Waals surface area contributed by atoms with E-state index >= 15 is 0 Å². The van der Waals surface area contributed by atoms with Gasteiger partial charge in [-0.3, -0.25) is 4.57 Å². The third kappa shape index (κ3) is 7.95. The number of hydrogen-bond acceptors (Lipinski definition) is 4. The minimum absolute atomic E-state index is 0.0149. The number of para-hydroxylation sites is 3. The van der Waals surface area contributed by atoms with Gasteiger partial charge in [0, 0.05) is 45.4 Å². The second kappa shape index (κ2) is 15.3. The zero-order valence-electron chi connectivity index (χ0n) is 39.4. The number of benzene rings is 6. The van der Waals surface area contributed by atoms with Crippen molar-refractivity contribution in [3.8, 4) is 5.82 Å². The second-order valence-electron chi connectivity index (χ2n) is 21.6. The molecule has 63 heavy (non-hydrogen) atoms. The Morgan fingerprint density at radius 2 is 1.03 bits per heavy atom. The number of hydrogen-bond donors (Lipinski definition) is 0. The first kappa shape index (κ1) is 42.2. The lowest BCUT2D eigenvalue weighted by Gasteiger charge is -2.30. The molecule has 0 N–H and O–H groups in total. The fraction of sp³-hybridized carbons (Fsp3) is 0.281. The highest BCUT2D eigenvalue weighted by Gasteiger charge is 2.31. The molecule has 320 valence electrons. The lowest BCUT2D eigenvalue weighted by molar-refractivity contribution is 0.568. The Labute approximate surface area is 376 Å². The van der Waals surface area contributed by atoms with Crippen LogP contribution in [0, 0.1) is 0 Å². The first-order valence-electron chi connectivity index (χ1n) is 22.6. The maximum atomic E-state index is 5.06. The van der Waals surface area contributed by atoms with E-state index in [1.807, 2.05) is 6.20 Å². The Balaban J connectivity index is 1.19. The molecule has 0 spiro atoms. The molecule has 9 rings (SSSR count). The average molecular weight is 846 g/mol. The first-order valence-corrected chi connectivity index (χ1v) is 26.1. The van der Waals surface area contributed by atoms with Crippen LogP contribution in [0.3, 0.4) is 0 Å². The Kier molecular flexibility index (Phi) is 10.3. The molecule has 2 aromatic heterocycles. The summed E-state index contributed by atoms with van der Waals surface area (Å²) in [7, 11) is -1.61. The summed E-state index contributed by atoms with van der Waals surface area (Å²) in [5.41, 5.74) is 14.4. The van der Waals surface area contributed by atoms with Crippen LogP contribution in [-0.2, 0) is 16.2 Å². The van der Waals surface area contributed by atoms with E-state index in [1.165, 1.54) is 55.2 Å². The fourth-order valence-corrected chi connectivity index (χ4v) is 10.1. The fourth-order valence-electron chi connectivity index (χ4n) is 8.98. The number of rotatable bonds is 7. The standard InChI is InChI=1S/C57H63N5Si/c1-55(2,3)39-29-30-58-54(34-39)62-52-36-45(25-27-48(52)49-28-26-47(37-53(49)62)63(10,11)12)61(42-19-14-13-15-20-42)44-22-18-21-43(35-44)59-38-60(51-24-17-16-23-50(51)59)46-32-40(56(4,5)6)31-41(33-46)57(7,8)9/h13-37H,38H2,1-12H3. The summed E-state index contributed by atoms with van der Waals surface area (Å²) in [4.78, 5) is 12.4. The van der Waals surface area contributed by atoms with Crippen molar-refractivity contribution >= 4 is 74.9 Å². The zero-order chi connectivity index (χ0) is 44.6. The molecule has 0 saturated heterocycles. The van der Waals surface area contributed by atoms with E-state index in [9.17, 15) is 0 Å². The number of pyridine rings is 1. The van der Waals surface area contributed by atoms with Crippen molar-refractivity contribution in [2.24, 2.45) is 0 Å². The molecule has 3 heterocycles. The summed E-state index contributed by atoms with van der Waals surface area (Å²) in [5, 5.41) is 3.90. The molecular weight excluding hydrogens is 783 g/mol. The molecule has 8 aromatic rings. The molecular formula is C57H63N5Si. The van der Waals surface area contributed by atoms with E-state index < -0.39 is 8.07 Å². The predicted octanol–water partition coefficient (Wildman–Crippen LogP) is 15.3. The van der Waals surface area contributed by atoms with Gasteiger partial charge in [-0.05, 0) is 118 Å². The largest absolute Gasteiger partial charge is 0.321 e. The van der Waals surface area contributed by atoms with E-state index in [4.69, 9.17) is 4.98 Å². The number of anilines is 7. The first-order chi connectivity index (χ1) is 29.8. The van der Waals surface area contributed by atoms with Gasteiger partial charge in [-0.2, -0.15) is 0 Å². The molecule has 0 unspecified atom stereocenters. The van der Waals surface area contributed by atoms with Crippen LogP contribution in [-0.4, -0.2) is 24.3 Å². The molecule has 0 fully saturated rings. The minimum Gasteiger partial charge on any atom is -0.321 e. The average Bonchev–Trinajstić information content (AvgIpc) is 3.79. The predicted molar refractivity (Wildman–Crippen MR) is 274 cm³/mol. The van der Waals surface area contributed by atoms with Gasteiger partial charge < -0.3 is 14.7 Å². The SMILES string of the molecule is CC(C)(C)c1cc(N2CN(c3cccc(N(c4ccccc4)c4ccc5c6ccc([Si](C)(C)C)cc6n(-c6cc(C(C)(C)C)ccn6)c5c4)c3)c3ccccc32)cc(C(C)(C)C)c1. The van der Waals surface area contributed by atoms with Gasteiger partial charge in [0.1, 0.15) is 12.5 Å². The summed E-state index contributed by atoms with van der Waals surface area (Å²) in [6.07, 6.45) is 1.98. The molecule has 0 aliphatic carbocycles. The van der Waals surface area contributed by atoms with Crippen molar-refractivity contribution in [1.82, 2.24) is 9.55 Å². The van der Waals surface area contributed by atoms with Crippen LogP contribution in [0.25, 0.3) is 27.6 Å². The van der Waals surface area contributed by atoms with Crippen molar-refractivity contribution in [3.63, 3.8) is 0 Å². The third-order valence-corrected chi connectivity index (χ3v) is 14.9. The monoisotopic (exact) mass is 845 g/mol. The van der Waals surface area contributed by atoms with Crippen LogP contribution >= 0.6 is 0 Å². The zero-order valence-corrected chi connectivity index (χ0v) is 40.4. The van der Waals surface area contributed by atoms with Crippen LogP contribution < -0.4 is 19.9 Å². The van der Waals surface area contributed by atoms with Crippen LogP contribution in [0.4, 0.5) is 39.8 Å². The third-order valence-electron chi connectivity index (χ3n) is 12.8. The normalized spacial score (nSPS) is 13.6. The maximum absolute atomic E-state index is 5.06. The summed E-state index contributed by atoms with van der Waals surface area (Å²) in [6, 6.07) is 54.5. The molecule has 6 heteroatoms. The number of aromatic nitrogens is 2. The van der Waals surface area contributed by atoms with Crippen LogP contribution in [0.1, 0.15) is 79.0 Å². The van der Waals surface area contributed by atoms with Crippen LogP contribution in [0.5, 0.6) is 0 Å². The van der Waals surface area contributed by atoms with Crippen LogP contribution in [0.2, 0.25) is 19.6 Å². The minimum atomic E-state index is -1.61. The summed E-state index contributed by atoms with van der Waals surface area (Å²) in [5.74, 6) is 0.945. The van der Waals surface area contributed by atoms with Gasteiger partial charge >= 0.3 is 0 Å². The summed E-state index contributed by atoms with van der Waals surface area (Å²) < 4.78 is 2.40. The molecule has 5 nitrogen and oxygen atoms in total. The van der Waals surface area contributed by atoms with Gasteiger partial charge in [0.05, 0.1) is 30.5 Å². The van der Waals surface area contributed by atoms with E-state index in [0.717, 1.165) is 34.1 Å². The highest BCUT2D eigenvalue weighted by atomic mass is 28.3. The van der Waals surface area contributed by atoms with E-state index in [2.05, 4.69) is 247 Å². The maximum Gasteiger partial charge on any atom is 0.137 e. The molecule has 0 saturated carbocycles. The van der Waals surface area contributed by atoms with Gasteiger partial charge in [0.15, 0.2) is 0 Å². The number of fused-ring (bicyclic) bond motifs is 4. The van der Waals surface area contributed by atoms with Crippen LogP contribution in [0.15, 0.2) is 152 Å². The Hall–Kier alpha value is -6.11. The molecule has 0 radical (unpaired) electrons. The van der Waals surface area contributed by atoms with Crippen molar-refractivity contribution in [1.29, 1.82) is 0 Å². The highest BCUT2D eigenvalue weighted by molar-refractivity contribution is 6.88. The molecule has 0 bridgehead atoms. The summed E-state index contributed by atoms with van der Waals surface area (Å²) in [6.45, 7) is 28.7. The van der Waals surface area contributed by atoms with Gasteiger partial charge in [-0.15, -0.1) is 0 Å². The van der Waals surface area contributed by atoms with Gasteiger partial charge in [-0.25, -0.2) is 4.98 Å². The Morgan fingerprint density at radius 1 is 0.476 bits per heavy atom. The molecule has 6 aromatic carbocycles. The lowest BCUT2D eigenvalue weighted by Crippen LogP contribution is -2.37. The van der Waals surface area contributed by atoms with E-state index in [0.29, 0.717) is 6.67 Å². The van der Waals surface area contributed by atoms with Gasteiger partial charge in [0.2, 0.25) is 0 Å². The smallest absolute Gasteiger partial charge is 0.137 e. The highest BCUT2D eigenvalue weighted by Crippen LogP contribution is 2.47. The lowest BCUT2D eigenvalue weighted by atomic mass is 9.80. The molecule has 1 aliphatic heterocycles. The number of nitrogens with zero attached hydrogens (tertiary/aromatic N) is 5. The van der Waals surface area contributed by atoms with Gasteiger partial charge in [0.25, 0.3) is 0 Å².